The predicted octanol–water partition coefficient (Wildman–Crippen LogP) is 10.6. The van der Waals surface area contributed by atoms with Crippen molar-refractivity contribution in [2.75, 3.05) is 78.9 Å². The molecule has 0 bridgehead atoms. The van der Waals surface area contributed by atoms with Crippen molar-refractivity contribution in [1.82, 2.24) is 18.9 Å². The van der Waals surface area contributed by atoms with Crippen LogP contribution >= 0.6 is 15.9 Å². The largest absolute Gasteiger partial charge is 0.491 e. The number of carboxylic acid groups (broad SMARTS) is 2. The number of aryl methyl sites for hydroxylation is 2. The van der Waals surface area contributed by atoms with Gasteiger partial charge in [-0.05, 0) is 144 Å². The number of halogens is 1. The van der Waals surface area contributed by atoms with Crippen LogP contribution in [0.15, 0.2) is 95.7 Å². The minimum absolute atomic E-state index is 0.212. The molecular formula is C54H67BrN4O8. The Morgan fingerprint density at radius 2 is 1.18 bits per heavy atom. The molecule has 0 radical (unpaired) electrons. The van der Waals surface area contributed by atoms with Crippen molar-refractivity contribution >= 4 is 49.7 Å². The summed E-state index contributed by atoms with van der Waals surface area (Å²) in [6, 6.07) is 25.3. The second-order valence-corrected chi connectivity index (χ2v) is 18.5. The van der Waals surface area contributed by atoms with Crippen molar-refractivity contribution in [1.29, 1.82) is 0 Å². The average molecular weight is 980 g/mol. The van der Waals surface area contributed by atoms with Crippen LogP contribution in [0.4, 0.5) is 0 Å². The summed E-state index contributed by atoms with van der Waals surface area (Å²) in [5.41, 5.74) is 8.15. The van der Waals surface area contributed by atoms with E-state index in [1.54, 1.807) is 36.4 Å². The van der Waals surface area contributed by atoms with Crippen LogP contribution in [0.5, 0.6) is 11.5 Å². The van der Waals surface area contributed by atoms with Gasteiger partial charge in [0.1, 0.15) is 35.8 Å². The SMILES string of the molecule is CCOCCn1cc(C2CCN(CCOc3ccc(C)cc3C(=O)O)CC2)c2cccc(C)c21.CCOCCn1cc(C2CCN(CCOc3ccccc3C(=O)O)CC2)c2ccc(Br)cc21. The molecule has 67 heavy (non-hydrogen) atoms. The summed E-state index contributed by atoms with van der Waals surface area (Å²) >= 11 is 3.62. The van der Waals surface area contributed by atoms with E-state index in [2.05, 4.69) is 90.6 Å². The summed E-state index contributed by atoms with van der Waals surface area (Å²) in [6.45, 7) is 19.4. The Kier molecular flexibility index (Phi) is 18.0. The highest BCUT2D eigenvalue weighted by Gasteiger charge is 2.26. The lowest BCUT2D eigenvalue weighted by Crippen LogP contribution is -2.35. The lowest BCUT2D eigenvalue weighted by atomic mass is 9.89. The van der Waals surface area contributed by atoms with E-state index in [0.717, 1.165) is 115 Å². The molecule has 2 saturated heterocycles. The van der Waals surface area contributed by atoms with Gasteiger partial charge in [-0.2, -0.15) is 0 Å². The molecule has 12 nitrogen and oxygen atoms in total. The maximum absolute atomic E-state index is 11.5. The van der Waals surface area contributed by atoms with Gasteiger partial charge >= 0.3 is 11.9 Å². The highest BCUT2D eigenvalue weighted by molar-refractivity contribution is 9.10. The quantitative estimate of drug-likeness (QED) is 0.0714. The van der Waals surface area contributed by atoms with Gasteiger partial charge in [-0.1, -0.05) is 64.0 Å². The number of likely N-dealkylation sites (tertiary alicyclic amines) is 2. The number of benzene rings is 4. The van der Waals surface area contributed by atoms with E-state index in [1.807, 2.05) is 26.8 Å². The molecule has 2 aromatic heterocycles. The molecule has 6 aromatic rings. The van der Waals surface area contributed by atoms with Crippen molar-refractivity contribution in [3.63, 3.8) is 0 Å². The molecule has 2 aliphatic heterocycles. The zero-order chi connectivity index (χ0) is 47.3. The van der Waals surface area contributed by atoms with Crippen LogP contribution in [0.1, 0.15) is 94.3 Å². The zero-order valence-electron chi connectivity index (χ0n) is 39.6. The van der Waals surface area contributed by atoms with E-state index in [9.17, 15) is 19.8 Å². The number of hydrogen-bond acceptors (Lipinski definition) is 8. The number of rotatable bonds is 20. The number of para-hydroxylation sites is 2. The minimum Gasteiger partial charge on any atom is -0.491 e. The lowest BCUT2D eigenvalue weighted by Gasteiger charge is -2.31. The van der Waals surface area contributed by atoms with E-state index >= 15 is 0 Å². The van der Waals surface area contributed by atoms with Crippen molar-refractivity contribution in [2.24, 2.45) is 0 Å². The number of carboxylic acids is 2. The first-order valence-corrected chi connectivity index (χ1v) is 24.7. The third kappa shape index (κ3) is 12.9. The van der Waals surface area contributed by atoms with E-state index in [-0.39, 0.29) is 11.1 Å². The van der Waals surface area contributed by atoms with Crippen LogP contribution in [0.2, 0.25) is 0 Å². The van der Waals surface area contributed by atoms with Gasteiger partial charge in [0.2, 0.25) is 0 Å². The third-order valence-corrected chi connectivity index (χ3v) is 13.7. The van der Waals surface area contributed by atoms with Crippen LogP contribution in [0.25, 0.3) is 21.8 Å². The van der Waals surface area contributed by atoms with Crippen molar-refractivity contribution in [2.45, 2.75) is 78.3 Å². The van der Waals surface area contributed by atoms with Gasteiger partial charge in [0.05, 0.1) is 18.7 Å². The van der Waals surface area contributed by atoms with E-state index in [4.69, 9.17) is 18.9 Å². The van der Waals surface area contributed by atoms with Crippen molar-refractivity contribution in [3.8, 4) is 11.5 Å². The normalized spacial score (nSPS) is 15.2. The molecule has 4 heterocycles. The van der Waals surface area contributed by atoms with E-state index < -0.39 is 11.9 Å². The smallest absolute Gasteiger partial charge is 0.339 e. The molecule has 4 aromatic carbocycles. The summed E-state index contributed by atoms with van der Waals surface area (Å²) in [5, 5.41) is 21.4. The molecule has 358 valence electrons. The highest BCUT2D eigenvalue weighted by Crippen LogP contribution is 2.37. The number of fused-ring (bicyclic) bond motifs is 2. The predicted molar refractivity (Wildman–Crippen MR) is 269 cm³/mol. The maximum atomic E-state index is 11.5. The molecule has 0 unspecified atom stereocenters. The highest BCUT2D eigenvalue weighted by atomic mass is 79.9. The first kappa shape index (κ1) is 49.7. The fourth-order valence-corrected chi connectivity index (χ4v) is 10.1. The lowest BCUT2D eigenvalue weighted by molar-refractivity contribution is 0.0680. The number of aromatic nitrogens is 2. The Bertz CT molecular complexity index is 2570. The van der Waals surface area contributed by atoms with Crippen LogP contribution in [-0.2, 0) is 22.6 Å². The molecule has 2 fully saturated rings. The van der Waals surface area contributed by atoms with Crippen LogP contribution in [0, 0.1) is 13.8 Å². The molecule has 2 aliphatic rings. The first-order valence-electron chi connectivity index (χ1n) is 23.9. The van der Waals surface area contributed by atoms with Gasteiger partial charge in [-0.3, -0.25) is 9.80 Å². The molecule has 0 saturated carbocycles. The number of aromatic carboxylic acids is 2. The van der Waals surface area contributed by atoms with E-state index in [1.165, 1.54) is 38.5 Å². The Hall–Kier alpha value is -5.18. The van der Waals surface area contributed by atoms with Gasteiger partial charge in [-0.15, -0.1) is 0 Å². The summed E-state index contributed by atoms with van der Waals surface area (Å²) in [7, 11) is 0. The van der Waals surface area contributed by atoms with Crippen LogP contribution in [-0.4, -0.2) is 120 Å². The Morgan fingerprint density at radius 3 is 1.79 bits per heavy atom. The van der Waals surface area contributed by atoms with Gasteiger partial charge in [-0.25, -0.2) is 9.59 Å². The average Bonchev–Trinajstić information content (AvgIpc) is 3.89. The van der Waals surface area contributed by atoms with Gasteiger partial charge in [0, 0.05) is 72.5 Å². The second kappa shape index (κ2) is 24.2. The fraction of sp³-hybridized carbons (Fsp3) is 0.444. The van der Waals surface area contributed by atoms with Gasteiger partial charge in [0.15, 0.2) is 0 Å². The molecule has 0 aliphatic carbocycles. The van der Waals surface area contributed by atoms with Crippen LogP contribution in [0.3, 0.4) is 0 Å². The molecule has 0 atom stereocenters. The number of piperidine rings is 2. The van der Waals surface area contributed by atoms with Gasteiger partial charge in [0.25, 0.3) is 0 Å². The van der Waals surface area contributed by atoms with Gasteiger partial charge < -0.3 is 38.3 Å². The molecule has 13 heteroatoms. The number of carbonyl (C=O) groups is 2. The summed E-state index contributed by atoms with van der Waals surface area (Å²) in [6.07, 6.45) is 9.11. The maximum Gasteiger partial charge on any atom is 0.339 e. The molecule has 8 rings (SSSR count). The van der Waals surface area contributed by atoms with Crippen molar-refractivity contribution < 1.29 is 38.7 Å². The molecule has 0 spiro atoms. The second-order valence-electron chi connectivity index (χ2n) is 17.6. The summed E-state index contributed by atoms with van der Waals surface area (Å²) in [4.78, 5) is 27.7. The third-order valence-electron chi connectivity index (χ3n) is 13.2. The van der Waals surface area contributed by atoms with Crippen LogP contribution < -0.4 is 9.47 Å². The standard InChI is InChI=1S/C28H36N2O4.C26H31BrN2O4/c1-4-33-16-15-30-19-25(23-7-5-6-21(3)27(23)30)22-10-12-29(13-11-22)14-17-34-26-9-8-20(2)18-24(26)28(31)32;1-2-32-15-14-29-18-23(21-8-7-20(27)17-24(21)29)19-9-11-28(12-10-19)13-16-33-25-6-4-3-5-22(25)26(30)31/h5-9,18-19,22H,4,10-17H2,1-3H3,(H,31,32);3-8,17-19H,2,9-16H2,1H3,(H,30,31). The van der Waals surface area contributed by atoms with Crippen molar-refractivity contribution in [3.05, 3.63) is 129 Å². The summed E-state index contributed by atoms with van der Waals surface area (Å²) < 4.78 is 28.6. The fourth-order valence-electron chi connectivity index (χ4n) is 9.71. The topological polar surface area (TPSA) is 128 Å². The number of ether oxygens (including phenoxy) is 4. The Morgan fingerprint density at radius 1 is 0.612 bits per heavy atom. The Labute approximate surface area is 403 Å². The molecular weight excluding hydrogens is 913 g/mol. The zero-order valence-corrected chi connectivity index (χ0v) is 41.1. The van der Waals surface area contributed by atoms with E-state index in [0.29, 0.717) is 36.5 Å². The minimum atomic E-state index is -0.959. The number of hydrogen-bond donors (Lipinski definition) is 2. The molecule has 0 amide bonds. The first-order chi connectivity index (χ1) is 32.5. The Balaban J connectivity index is 0.000000199. The molecule has 2 N–H and O–H groups in total. The summed E-state index contributed by atoms with van der Waals surface area (Å²) in [5.74, 6) is 0.0561. The number of nitrogens with zero attached hydrogens (tertiary/aromatic N) is 4. The monoisotopic (exact) mass is 978 g/mol.